The molecule has 0 unspecified atom stereocenters. The Hall–Kier alpha value is -2.98. The van der Waals surface area contributed by atoms with E-state index in [0.29, 0.717) is 17.9 Å². The van der Waals surface area contributed by atoms with Crippen molar-refractivity contribution in [1.82, 2.24) is 0 Å². The number of hydrogen-bond donors (Lipinski definition) is 1. The van der Waals surface area contributed by atoms with Crippen LogP contribution in [0.15, 0.2) is 48.0 Å². The molecule has 146 valence electrons. The summed E-state index contributed by atoms with van der Waals surface area (Å²) in [6, 6.07) is 11.4. The number of nitrogens with zero attached hydrogens (tertiary/aromatic N) is 1. The molecule has 0 saturated carbocycles. The molecule has 0 saturated heterocycles. The molecule has 28 heavy (non-hydrogen) atoms. The van der Waals surface area contributed by atoms with E-state index in [-0.39, 0.29) is 11.3 Å². The molecule has 2 aromatic carbocycles. The first-order valence-electron chi connectivity index (χ1n) is 8.27. The van der Waals surface area contributed by atoms with Crippen molar-refractivity contribution < 1.29 is 22.7 Å². The van der Waals surface area contributed by atoms with Crippen LogP contribution >= 0.6 is 11.6 Å². The van der Waals surface area contributed by atoms with Crippen LogP contribution in [0.4, 0.5) is 18.9 Å². The maximum atomic E-state index is 12.9. The first-order chi connectivity index (χ1) is 13.2. The van der Waals surface area contributed by atoms with Crippen LogP contribution in [0.25, 0.3) is 6.08 Å². The Kier molecular flexibility index (Phi) is 7.07. The summed E-state index contributed by atoms with van der Waals surface area (Å²) < 4.78 is 44.2. The van der Waals surface area contributed by atoms with Gasteiger partial charge in [0.05, 0.1) is 17.2 Å². The normalized spacial score (nSPS) is 11.6. The van der Waals surface area contributed by atoms with Crippen molar-refractivity contribution >= 4 is 29.3 Å². The van der Waals surface area contributed by atoms with E-state index in [1.807, 2.05) is 6.92 Å². The molecule has 0 radical (unpaired) electrons. The van der Waals surface area contributed by atoms with Crippen LogP contribution in [0.2, 0.25) is 5.02 Å². The van der Waals surface area contributed by atoms with E-state index in [1.54, 1.807) is 30.3 Å². The van der Waals surface area contributed by atoms with Gasteiger partial charge in [-0.25, -0.2) is 0 Å². The number of benzene rings is 2. The third-order valence-corrected chi connectivity index (χ3v) is 3.89. The van der Waals surface area contributed by atoms with E-state index < -0.39 is 22.7 Å². The summed E-state index contributed by atoms with van der Waals surface area (Å²) >= 11 is 5.55. The standard InChI is InChI=1S/C20H16ClF3N2O2/c1-2-9-28-16-6-3-13(4-7-16)10-14(12-25)19(27)26-15-5-8-18(21)17(11-15)20(22,23)24/h3-8,10-11H,2,9H2,1H3,(H,26,27)/b14-10+. The topological polar surface area (TPSA) is 62.1 Å². The van der Waals surface area contributed by atoms with Crippen molar-refractivity contribution in [3.05, 3.63) is 64.2 Å². The van der Waals surface area contributed by atoms with E-state index >= 15 is 0 Å². The fraction of sp³-hybridized carbons (Fsp3) is 0.200. The minimum Gasteiger partial charge on any atom is -0.494 e. The molecular formula is C20H16ClF3N2O2. The molecule has 0 aliphatic rings. The van der Waals surface area contributed by atoms with Crippen molar-refractivity contribution in [3.63, 3.8) is 0 Å². The number of nitriles is 1. The van der Waals surface area contributed by atoms with Gasteiger partial charge in [0.1, 0.15) is 17.4 Å². The Morgan fingerprint density at radius 2 is 1.93 bits per heavy atom. The Morgan fingerprint density at radius 1 is 1.25 bits per heavy atom. The van der Waals surface area contributed by atoms with Crippen molar-refractivity contribution in [2.75, 3.05) is 11.9 Å². The number of alkyl halides is 3. The summed E-state index contributed by atoms with van der Waals surface area (Å²) in [6.07, 6.45) is -2.46. The van der Waals surface area contributed by atoms with Gasteiger partial charge < -0.3 is 10.1 Å². The average molecular weight is 409 g/mol. The molecule has 2 rings (SSSR count). The highest BCUT2D eigenvalue weighted by Crippen LogP contribution is 2.36. The minimum absolute atomic E-state index is 0.119. The number of carbonyl (C=O) groups is 1. The number of ether oxygens (including phenoxy) is 1. The van der Waals surface area contributed by atoms with Gasteiger partial charge in [0, 0.05) is 5.69 Å². The molecule has 4 nitrogen and oxygen atoms in total. The molecule has 0 atom stereocenters. The number of carbonyl (C=O) groups excluding carboxylic acids is 1. The van der Waals surface area contributed by atoms with Gasteiger partial charge in [0.2, 0.25) is 0 Å². The summed E-state index contributed by atoms with van der Waals surface area (Å²) in [5.74, 6) is -0.174. The Bertz CT molecular complexity index is 917. The molecule has 8 heteroatoms. The maximum absolute atomic E-state index is 12.9. The van der Waals surface area contributed by atoms with Gasteiger partial charge in [-0.1, -0.05) is 30.7 Å². The summed E-state index contributed by atoms with van der Waals surface area (Å²) in [5.41, 5.74) is -0.878. The smallest absolute Gasteiger partial charge is 0.417 e. The number of rotatable bonds is 6. The number of hydrogen-bond acceptors (Lipinski definition) is 3. The average Bonchev–Trinajstić information content (AvgIpc) is 2.65. The lowest BCUT2D eigenvalue weighted by atomic mass is 10.1. The molecule has 0 spiro atoms. The number of nitrogens with one attached hydrogen (secondary N) is 1. The zero-order valence-corrected chi connectivity index (χ0v) is 15.6. The molecule has 0 aliphatic heterocycles. The highest BCUT2D eigenvalue weighted by Gasteiger charge is 2.33. The van der Waals surface area contributed by atoms with Gasteiger partial charge in [-0.05, 0) is 48.4 Å². The van der Waals surface area contributed by atoms with Crippen LogP contribution in [-0.4, -0.2) is 12.5 Å². The monoisotopic (exact) mass is 408 g/mol. The first-order valence-corrected chi connectivity index (χ1v) is 8.65. The summed E-state index contributed by atoms with van der Waals surface area (Å²) in [7, 11) is 0. The van der Waals surface area contributed by atoms with Crippen LogP contribution in [0.3, 0.4) is 0 Å². The lowest BCUT2D eigenvalue weighted by molar-refractivity contribution is -0.137. The van der Waals surface area contributed by atoms with Gasteiger partial charge in [-0.15, -0.1) is 0 Å². The minimum atomic E-state index is -4.66. The Morgan fingerprint density at radius 3 is 2.50 bits per heavy atom. The van der Waals surface area contributed by atoms with Crippen LogP contribution < -0.4 is 10.1 Å². The Balaban J connectivity index is 2.18. The molecule has 0 aliphatic carbocycles. The van der Waals surface area contributed by atoms with E-state index in [0.717, 1.165) is 18.6 Å². The van der Waals surface area contributed by atoms with Gasteiger partial charge in [0.15, 0.2) is 0 Å². The van der Waals surface area contributed by atoms with E-state index in [9.17, 15) is 23.2 Å². The predicted molar refractivity (Wildman–Crippen MR) is 101 cm³/mol. The highest BCUT2D eigenvalue weighted by atomic mass is 35.5. The second-order valence-electron chi connectivity index (χ2n) is 5.73. The SMILES string of the molecule is CCCOc1ccc(/C=C(\C#N)C(=O)Nc2ccc(Cl)c(C(F)(F)F)c2)cc1. The molecule has 0 aromatic heterocycles. The second kappa shape index (κ2) is 9.29. The molecule has 0 fully saturated rings. The van der Waals surface area contributed by atoms with E-state index in [4.69, 9.17) is 16.3 Å². The zero-order valence-electron chi connectivity index (χ0n) is 14.8. The fourth-order valence-electron chi connectivity index (χ4n) is 2.21. The summed E-state index contributed by atoms with van der Waals surface area (Å²) in [5, 5.41) is 11.0. The van der Waals surface area contributed by atoms with Crippen LogP contribution in [-0.2, 0) is 11.0 Å². The van der Waals surface area contributed by atoms with Crippen molar-refractivity contribution in [2.24, 2.45) is 0 Å². The van der Waals surface area contributed by atoms with E-state index in [1.165, 1.54) is 12.1 Å². The third-order valence-electron chi connectivity index (χ3n) is 3.56. The second-order valence-corrected chi connectivity index (χ2v) is 6.14. The molecule has 1 N–H and O–H groups in total. The van der Waals surface area contributed by atoms with Crippen LogP contribution in [0.1, 0.15) is 24.5 Å². The first kappa shape index (κ1) is 21.3. The molecule has 0 heterocycles. The molecular weight excluding hydrogens is 393 g/mol. The number of anilines is 1. The largest absolute Gasteiger partial charge is 0.494 e. The maximum Gasteiger partial charge on any atom is 0.417 e. The van der Waals surface area contributed by atoms with Crippen molar-refractivity contribution in [3.8, 4) is 11.8 Å². The van der Waals surface area contributed by atoms with Gasteiger partial charge in [-0.3, -0.25) is 4.79 Å². The van der Waals surface area contributed by atoms with Crippen molar-refractivity contribution in [2.45, 2.75) is 19.5 Å². The summed E-state index contributed by atoms with van der Waals surface area (Å²) in [4.78, 5) is 12.3. The number of amides is 1. The fourth-order valence-corrected chi connectivity index (χ4v) is 2.44. The van der Waals surface area contributed by atoms with Gasteiger partial charge >= 0.3 is 6.18 Å². The predicted octanol–water partition coefficient (Wildman–Crippen LogP) is 5.69. The van der Waals surface area contributed by atoms with Gasteiger partial charge in [0.25, 0.3) is 5.91 Å². The Labute approximate surface area is 165 Å². The third kappa shape index (κ3) is 5.76. The lowest BCUT2D eigenvalue weighted by Gasteiger charge is -2.11. The molecule has 0 bridgehead atoms. The molecule has 2 aromatic rings. The zero-order chi connectivity index (χ0) is 20.7. The molecule has 1 amide bonds. The van der Waals surface area contributed by atoms with Crippen LogP contribution in [0.5, 0.6) is 5.75 Å². The highest BCUT2D eigenvalue weighted by molar-refractivity contribution is 6.31. The lowest BCUT2D eigenvalue weighted by Crippen LogP contribution is -2.14. The van der Waals surface area contributed by atoms with Crippen molar-refractivity contribution in [1.29, 1.82) is 5.26 Å². The number of halogens is 4. The van der Waals surface area contributed by atoms with Gasteiger partial charge in [-0.2, -0.15) is 18.4 Å². The quantitative estimate of drug-likeness (QED) is 0.493. The van der Waals surface area contributed by atoms with Crippen LogP contribution in [0, 0.1) is 11.3 Å². The van der Waals surface area contributed by atoms with E-state index in [2.05, 4.69) is 5.32 Å². The summed E-state index contributed by atoms with van der Waals surface area (Å²) in [6.45, 7) is 2.55.